The van der Waals surface area contributed by atoms with Gasteiger partial charge in [0.05, 0.1) is 18.3 Å². The highest BCUT2D eigenvalue weighted by molar-refractivity contribution is 5.90. The largest absolute Gasteiger partial charge is 0.480 e. The Morgan fingerprint density at radius 1 is 1.29 bits per heavy atom. The fourth-order valence-corrected chi connectivity index (χ4v) is 2.07. The summed E-state index contributed by atoms with van der Waals surface area (Å²) in [7, 11) is 0. The van der Waals surface area contributed by atoms with Crippen molar-refractivity contribution in [3.63, 3.8) is 0 Å². The number of pyridine rings is 1. The molecular weight excluding hydrogens is 270 g/mol. The molecule has 0 bridgehead atoms. The second-order valence-corrected chi connectivity index (χ2v) is 4.53. The number of nitrogens with one attached hydrogen (secondary N) is 1. The number of hydrogen-bond donors (Lipinski definition) is 2. The Balaban J connectivity index is 1.74. The first-order valence-corrected chi connectivity index (χ1v) is 6.41. The van der Waals surface area contributed by atoms with E-state index in [-0.39, 0.29) is 6.54 Å². The lowest BCUT2D eigenvalue weighted by molar-refractivity contribution is -0.137. The quantitative estimate of drug-likeness (QED) is 0.737. The molecule has 0 aliphatic rings. The molecule has 3 rings (SSSR count). The fraction of sp³-hybridized carbons (Fsp3) is 0.143. The Kier molecular flexibility index (Phi) is 3.46. The number of para-hydroxylation sites is 1. The van der Waals surface area contributed by atoms with Crippen molar-refractivity contribution in [1.29, 1.82) is 0 Å². The highest BCUT2D eigenvalue weighted by Gasteiger charge is 2.05. The monoisotopic (exact) mass is 283 g/mol. The van der Waals surface area contributed by atoms with Gasteiger partial charge in [-0.05, 0) is 12.1 Å². The molecule has 0 atom stereocenters. The molecule has 21 heavy (non-hydrogen) atoms. The van der Waals surface area contributed by atoms with Crippen LogP contribution in [0.3, 0.4) is 0 Å². The van der Waals surface area contributed by atoms with Gasteiger partial charge >= 0.3 is 5.97 Å². The predicted molar refractivity (Wildman–Crippen MR) is 76.7 cm³/mol. The van der Waals surface area contributed by atoms with E-state index in [2.05, 4.69) is 20.6 Å². The SMILES string of the molecule is O=C(O)Cn1cc(CNc2ccnc3ccccc23)nn1. The summed E-state index contributed by atoms with van der Waals surface area (Å²) in [4.78, 5) is 14.9. The molecule has 0 aliphatic carbocycles. The van der Waals surface area contributed by atoms with E-state index in [1.807, 2.05) is 30.3 Å². The Morgan fingerprint density at radius 3 is 3.00 bits per heavy atom. The smallest absolute Gasteiger partial charge is 0.325 e. The number of carbonyl (C=O) groups is 1. The number of fused-ring (bicyclic) bond motifs is 1. The third-order valence-corrected chi connectivity index (χ3v) is 2.99. The summed E-state index contributed by atoms with van der Waals surface area (Å²) in [6.07, 6.45) is 3.36. The van der Waals surface area contributed by atoms with E-state index in [4.69, 9.17) is 5.11 Å². The zero-order valence-electron chi connectivity index (χ0n) is 11.1. The minimum absolute atomic E-state index is 0.189. The first-order valence-electron chi connectivity index (χ1n) is 6.41. The summed E-state index contributed by atoms with van der Waals surface area (Å²) in [5.41, 5.74) is 2.54. The van der Waals surface area contributed by atoms with Gasteiger partial charge in [0, 0.05) is 17.3 Å². The third-order valence-electron chi connectivity index (χ3n) is 2.99. The van der Waals surface area contributed by atoms with E-state index >= 15 is 0 Å². The van der Waals surface area contributed by atoms with Crippen molar-refractivity contribution in [2.24, 2.45) is 0 Å². The Hall–Kier alpha value is -2.96. The molecule has 0 saturated heterocycles. The predicted octanol–water partition coefficient (Wildman–Crippen LogP) is 1.52. The molecule has 0 unspecified atom stereocenters. The normalized spacial score (nSPS) is 10.7. The first kappa shape index (κ1) is 13.0. The minimum Gasteiger partial charge on any atom is -0.480 e. The first-order chi connectivity index (χ1) is 10.2. The molecule has 0 amide bonds. The Bertz CT molecular complexity index is 778. The van der Waals surface area contributed by atoms with E-state index in [1.54, 1.807) is 12.4 Å². The van der Waals surface area contributed by atoms with Crippen molar-refractivity contribution in [3.05, 3.63) is 48.4 Å². The van der Waals surface area contributed by atoms with Gasteiger partial charge in [0.1, 0.15) is 12.2 Å². The Labute approximate surface area is 120 Å². The summed E-state index contributed by atoms with van der Waals surface area (Å²) in [6.45, 7) is 0.277. The van der Waals surface area contributed by atoms with Gasteiger partial charge in [0.2, 0.25) is 0 Å². The van der Waals surface area contributed by atoms with E-state index in [1.165, 1.54) is 4.68 Å². The van der Waals surface area contributed by atoms with Gasteiger partial charge in [-0.25, -0.2) is 4.68 Å². The summed E-state index contributed by atoms with van der Waals surface area (Å²) in [5, 5.41) is 20.7. The number of rotatable bonds is 5. The summed E-state index contributed by atoms with van der Waals surface area (Å²) >= 11 is 0. The van der Waals surface area contributed by atoms with Crippen LogP contribution >= 0.6 is 0 Å². The molecule has 1 aromatic carbocycles. The maximum absolute atomic E-state index is 10.6. The second-order valence-electron chi connectivity index (χ2n) is 4.53. The third kappa shape index (κ3) is 2.97. The van der Waals surface area contributed by atoms with Crippen molar-refractivity contribution in [3.8, 4) is 0 Å². The van der Waals surface area contributed by atoms with Gasteiger partial charge in [0.25, 0.3) is 0 Å². The molecule has 7 nitrogen and oxygen atoms in total. The van der Waals surface area contributed by atoms with E-state index in [9.17, 15) is 4.79 Å². The van der Waals surface area contributed by atoms with Crippen LogP contribution < -0.4 is 5.32 Å². The van der Waals surface area contributed by atoms with Crippen LogP contribution in [0.4, 0.5) is 5.69 Å². The van der Waals surface area contributed by atoms with Crippen LogP contribution in [0.1, 0.15) is 5.69 Å². The second kappa shape index (κ2) is 5.58. The number of benzene rings is 1. The zero-order valence-corrected chi connectivity index (χ0v) is 11.1. The molecule has 0 radical (unpaired) electrons. The van der Waals surface area contributed by atoms with Crippen LogP contribution in [0, 0.1) is 0 Å². The molecular formula is C14H13N5O2. The summed E-state index contributed by atoms with van der Waals surface area (Å²) < 4.78 is 1.30. The molecule has 0 fully saturated rings. The fourth-order valence-electron chi connectivity index (χ4n) is 2.07. The van der Waals surface area contributed by atoms with Crippen LogP contribution in [-0.4, -0.2) is 31.1 Å². The van der Waals surface area contributed by atoms with Crippen molar-refractivity contribution >= 4 is 22.6 Å². The van der Waals surface area contributed by atoms with Crippen molar-refractivity contribution in [2.75, 3.05) is 5.32 Å². The molecule has 0 saturated carbocycles. The lowest BCUT2D eigenvalue weighted by Crippen LogP contribution is -2.09. The number of carboxylic acids is 1. The topological polar surface area (TPSA) is 92.9 Å². The number of aliphatic carboxylic acids is 1. The lowest BCUT2D eigenvalue weighted by Gasteiger charge is -2.07. The van der Waals surface area contributed by atoms with Crippen LogP contribution in [0.25, 0.3) is 10.9 Å². The molecule has 0 spiro atoms. The van der Waals surface area contributed by atoms with Gasteiger partial charge in [-0.3, -0.25) is 9.78 Å². The number of hydrogen-bond acceptors (Lipinski definition) is 5. The average Bonchev–Trinajstić information content (AvgIpc) is 2.92. The van der Waals surface area contributed by atoms with E-state index in [0.717, 1.165) is 16.6 Å². The van der Waals surface area contributed by atoms with Crippen LogP contribution in [0.5, 0.6) is 0 Å². The zero-order chi connectivity index (χ0) is 14.7. The highest BCUT2D eigenvalue weighted by Crippen LogP contribution is 2.21. The van der Waals surface area contributed by atoms with Crippen molar-refractivity contribution in [2.45, 2.75) is 13.1 Å². The molecule has 2 N–H and O–H groups in total. The molecule has 3 aromatic rings. The average molecular weight is 283 g/mol. The number of aromatic nitrogens is 4. The van der Waals surface area contributed by atoms with Gasteiger partial charge in [0.15, 0.2) is 0 Å². The highest BCUT2D eigenvalue weighted by atomic mass is 16.4. The minimum atomic E-state index is -0.945. The maximum Gasteiger partial charge on any atom is 0.325 e. The van der Waals surface area contributed by atoms with Gasteiger partial charge in [-0.15, -0.1) is 5.10 Å². The molecule has 106 valence electrons. The van der Waals surface area contributed by atoms with Crippen LogP contribution in [0.15, 0.2) is 42.7 Å². The molecule has 7 heteroatoms. The number of carboxylic acid groups (broad SMARTS) is 1. The summed E-state index contributed by atoms with van der Waals surface area (Å²) in [6, 6.07) is 9.73. The van der Waals surface area contributed by atoms with Crippen molar-refractivity contribution < 1.29 is 9.90 Å². The Morgan fingerprint density at radius 2 is 2.14 bits per heavy atom. The maximum atomic E-state index is 10.6. The van der Waals surface area contributed by atoms with Crippen LogP contribution in [0.2, 0.25) is 0 Å². The van der Waals surface area contributed by atoms with Gasteiger partial charge in [-0.2, -0.15) is 0 Å². The molecule has 2 aromatic heterocycles. The summed E-state index contributed by atoms with van der Waals surface area (Å²) in [5.74, 6) is -0.945. The standard InChI is InChI=1S/C14H13N5O2/c20-14(21)9-19-8-10(17-18-19)7-16-13-5-6-15-12-4-2-1-3-11(12)13/h1-6,8H,7,9H2,(H,15,16)(H,20,21). The lowest BCUT2D eigenvalue weighted by atomic mass is 10.2. The molecule has 0 aliphatic heterocycles. The van der Waals surface area contributed by atoms with E-state index in [0.29, 0.717) is 12.2 Å². The van der Waals surface area contributed by atoms with Gasteiger partial charge < -0.3 is 10.4 Å². The van der Waals surface area contributed by atoms with Crippen LogP contribution in [-0.2, 0) is 17.9 Å². The number of anilines is 1. The van der Waals surface area contributed by atoms with Crippen molar-refractivity contribution in [1.82, 2.24) is 20.0 Å². The van der Waals surface area contributed by atoms with E-state index < -0.39 is 5.97 Å². The molecule has 2 heterocycles. The number of nitrogens with zero attached hydrogens (tertiary/aromatic N) is 4. The van der Waals surface area contributed by atoms with Gasteiger partial charge in [-0.1, -0.05) is 23.4 Å².